The number of rotatable bonds is 5. The molecule has 0 saturated carbocycles. The maximum Gasteiger partial charge on any atom is 0.261 e. The van der Waals surface area contributed by atoms with Crippen LogP contribution in [0, 0.1) is 13.8 Å². The Morgan fingerprint density at radius 1 is 0.929 bits per heavy atom. The van der Waals surface area contributed by atoms with Crippen LogP contribution < -0.4 is 4.72 Å². The molecule has 0 spiro atoms. The molecule has 0 aromatic heterocycles. The number of nitrogens with zero attached hydrogens (tertiary/aromatic N) is 1. The highest BCUT2D eigenvalue weighted by Gasteiger charge is 2.15. The van der Waals surface area contributed by atoms with Crippen molar-refractivity contribution >= 4 is 50.8 Å². The average Bonchev–Trinajstić information content (AvgIpc) is 2.64. The number of halogens is 2. The number of hydrogen-bond donors (Lipinski definition) is 1. The molecule has 0 unspecified atom stereocenters. The van der Waals surface area contributed by atoms with Crippen molar-refractivity contribution in [1.82, 2.24) is 0 Å². The normalized spacial score (nSPS) is 11.7. The second-order valence-electron chi connectivity index (χ2n) is 6.34. The largest absolute Gasteiger partial charge is 0.279 e. The molecule has 7 heteroatoms. The molecule has 144 valence electrons. The summed E-state index contributed by atoms with van der Waals surface area (Å²) in [4.78, 5) is 4.49. The lowest BCUT2D eigenvalue weighted by Gasteiger charge is -2.11. The molecular formula is C21H18Cl2N2O2S. The molecule has 1 N–H and O–H groups in total. The molecular weight excluding hydrogens is 415 g/mol. The Bertz CT molecular complexity index is 1140. The van der Waals surface area contributed by atoms with Crippen molar-refractivity contribution in [3.8, 4) is 0 Å². The van der Waals surface area contributed by atoms with E-state index >= 15 is 0 Å². The number of sulfonamides is 1. The maximum atomic E-state index is 12.6. The van der Waals surface area contributed by atoms with Gasteiger partial charge in [-0.2, -0.15) is 0 Å². The van der Waals surface area contributed by atoms with Gasteiger partial charge in [0.15, 0.2) is 0 Å². The Hall–Kier alpha value is -2.34. The minimum atomic E-state index is -3.68. The molecule has 4 nitrogen and oxygen atoms in total. The number of nitrogens with one attached hydrogen (secondary N) is 1. The predicted molar refractivity (Wildman–Crippen MR) is 117 cm³/mol. The van der Waals surface area contributed by atoms with Crippen molar-refractivity contribution in [3.05, 3.63) is 87.4 Å². The van der Waals surface area contributed by atoms with Gasteiger partial charge in [0.25, 0.3) is 10.0 Å². The van der Waals surface area contributed by atoms with Crippen molar-refractivity contribution in [2.75, 3.05) is 4.72 Å². The van der Waals surface area contributed by atoms with Gasteiger partial charge in [-0.3, -0.25) is 9.71 Å². The highest BCUT2D eigenvalue weighted by Crippen LogP contribution is 2.23. The van der Waals surface area contributed by atoms with Gasteiger partial charge in [0.05, 0.1) is 21.3 Å². The van der Waals surface area contributed by atoms with Crippen LogP contribution in [0.4, 0.5) is 11.4 Å². The van der Waals surface area contributed by atoms with Crippen molar-refractivity contribution in [3.63, 3.8) is 0 Å². The highest BCUT2D eigenvalue weighted by molar-refractivity contribution is 7.92. The smallest absolute Gasteiger partial charge is 0.261 e. The first-order valence-electron chi connectivity index (χ1n) is 8.44. The van der Waals surface area contributed by atoms with E-state index in [0.717, 1.165) is 16.7 Å². The van der Waals surface area contributed by atoms with Crippen LogP contribution >= 0.6 is 23.2 Å². The Morgan fingerprint density at radius 3 is 2.29 bits per heavy atom. The monoisotopic (exact) mass is 432 g/mol. The first kappa shape index (κ1) is 20.4. The number of aliphatic imine (C=N–C) groups is 1. The molecule has 0 saturated heterocycles. The number of aryl methyl sites for hydroxylation is 2. The summed E-state index contributed by atoms with van der Waals surface area (Å²) in [6.07, 6.45) is 1.61. The summed E-state index contributed by atoms with van der Waals surface area (Å²) >= 11 is 12.0. The van der Waals surface area contributed by atoms with Gasteiger partial charge >= 0.3 is 0 Å². The SMILES string of the molecule is Cc1ccc(NS(=O)(=O)c2ccc(N=Cc3ccc(Cl)cc3Cl)cc2)c(C)c1. The van der Waals surface area contributed by atoms with E-state index in [4.69, 9.17) is 23.2 Å². The third kappa shape index (κ3) is 4.93. The van der Waals surface area contributed by atoms with E-state index < -0.39 is 10.0 Å². The molecule has 28 heavy (non-hydrogen) atoms. The van der Waals surface area contributed by atoms with Crippen LogP contribution in [-0.4, -0.2) is 14.6 Å². The molecule has 3 rings (SSSR count). The third-order valence-electron chi connectivity index (χ3n) is 4.09. The lowest BCUT2D eigenvalue weighted by Crippen LogP contribution is -2.13. The van der Waals surface area contributed by atoms with Gasteiger partial charge in [-0.15, -0.1) is 0 Å². The second-order valence-corrected chi connectivity index (χ2v) is 8.87. The summed E-state index contributed by atoms with van der Waals surface area (Å²) in [5, 5.41) is 1.04. The molecule has 0 aliphatic heterocycles. The predicted octanol–water partition coefficient (Wildman–Crippen LogP) is 6.16. The summed E-state index contributed by atoms with van der Waals surface area (Å²) in [5.41, 5.74) is 3.83. The zero-order valence-electron chi connectivity index (χ0n) is 15.3. The standard InChI is InChI=1S/C21H18Cl2N2O2S/c1-14-3-10-21(15(2)11-14)25-28(26,27)19-8-6-18(7-9-19)24-13-16-4-5-17(22)12-20(16)23/h3-13,25H,1-2H3. The molecule has 0 amide bonds. The fourth-order valence-corrected chi connectivity index (χ4v) is 4.18. The van der Waals surface area contributed by atoms with E-state index in [1.165, 1.54) is 12.1 Å². The zero-order valence-corrected chi connectivity index (χ0v) is 17.6. The van der Waals surface area contributed by atoms with E-state index in [9.17, 15) is 8.42 Å². The maximum absolute atomic E-state index is 12.6. The van der Waals surface area contributed by atoms with Crippen molar-refractivity contribution < 1.29 is 8.42 Å². The van der Waals surface area contributed by atoms with E-state index in [1.807, 2.05) is 26.0 Å². The van der Waals surface area contributed by atoms with Gasteiger partial charge in [0, 0.05) is 16.8 Å². The van der Waals surface area contributed by atoms with Gasteiger partial charge < -0.3 is 0 Å². The van der Waals surface area contributed by atoms with Crippen LogP contribution in [-0.2, 0) is 10.0 Å². The first-order valence-corrected chi connectivity index (χ1v) is 10.7. The molecule has 0 heterocycles. The topological polar surface area (TPSA) is 58.5 Å². The summed E-state index contributed by atoms with van der Waals surface area (Å²) in [7, 11) is -3.68. The van der Waals surface area contributed by atoms with Crippen LogP contribution in [0.2, 0.25) is 10.0 Å². The van der Waals surface area contributed by atoms with E-state index in [-0.39, 0.29) is 4.90 Å². The second kappa shape index (κ2) is 8.35. The van der Waals surface area contributed by atoms with Gasteiger partial charge in [-0.25, -0.2) is 8.42 Å². The Morgan fingerprint density at radius 2 is 1.64 bits per heavy atom. The van der Waals surface area contributed by atoms with Crippen molar-refractivity contribution in [2.45, 2.75) is 18.7 Å². The van der Waals surface area contributed by atoms with Crippen LogP contribution in [0.5, 0.6) is 0 Å². The van der Waals surface area contributed by atoms with Gasteiger partial charge in [0.1, 0.15) is 0 Å². The minimum Gasteiger partial charge on any atom is -0.279 e. The molecule has 0 atom stereocenters. The van der Waals surface area contributed by atoms with E-state index in [2.05, 4.69) is 9.71 Å². The molecule has 0 aliphatic rings. The lowest BCUT2D eigenvalue weighted by molar-refractivity contribution is 0.601. The molecule has 3 aromatic rings. The van der Waals surface area contributed by atoms with Crippen LogP contribution in [0.15, 0.2) is 70.6 Å². The van der Waals surface area contributed by atoms with Gasteiger partial charge in [-0.1, -0.05) is 47.0 Å². The zero-order chi connectivity index (χ0) is 20.3. The van der Waals surface area contributed by atoms with Gasteiger partial charge in [-0.05, 0) is 61.9 Å². The highest BCUT2D eigenvalue weighted by atomic mass is 35.5. The number of benzene rings is 3. The summed E-state index contributed by atoms with van der Waals surface area (Å²) in [6.45, 7) is 3.83. The molecule has 0 bridgehead atoms. The molecule has 0 aliphatic carbocycles. The fourth-order valence-electron chi connectivity index (χ4n) is 2.59. The summed E-state index contributed by atoms with van der Waals surface area (Å²) < 4.78 is 27.9. The molecule has 0 radical (unpaired) electrons. The van der Waals surface area contributed by atoms with Crippen molar-refractivity contribution in [1.29, 1.82) is 0 Å². The minimum absolute atomic E-state index is 0.163. The fraction of sp³-hybridized carbons (Fsp3) is 0.0952. The van der Waals surface area contributed by atoms with Crippen LogP contribution in [0.1, 0.15) is 16.7 Å². The summed E-state index contributed by atoms with van der Waals surface area (Å²) in [5.74, 6) is 0. The van der Waals surface area contributed by atoms with E-state index in [1.54, 1.807) is 42.6 Å². The Kier molecular flexibility index (Phi) is 6.08. The first-order chi connectivity index (χ1) is 13.2. The average molecular weight is 433 g/mol. The van der Waals surface area contributed by atoms with Crippen LogP contribution in [0.3, 0.4) is 0 Å². The molecule has 0 fully saturated rings. The Balaban J connectivity index is 1.78. The van der Waals surface area contributed by atoms with Crippen molar-refractivity contribution in [2.24, 2.45) is 4.99 Å². The molecule has 3 aromatic carbocycles. The summed E-state index contributed by atoms with van der Waals surface area (Å²) in [6, 6.07) is 17.0. The Labute approximate surface area is 174 Å². The van der Waals surface area contributed by atoms with Gasteiger partial charge in [0.2, 0.25) is 0 Å². The lowest BCUT2D eigenvalue weighted by atomic mass is 10.1. The van der Waals surface area contributed by atoms with E-state index in [0.29, 0.717) is 21.4 Å². The quantitative estimate of drug-likeness (QED) is 0.490. The van der Waals surface area contributed by atoms with Crippen LogP contribution in [0.25, 0.3) is 0 Å². The number of anilines is 1. The third-order valence-corrected chi connectivity index (χ3v) is 6.03. The number of hydrogen-bond acceptors (Lipinski definition) is 3.